The van der Waals surface area contributed by atoms with Gasteiger partial charge in [-0.2, -0.15) is 0 Å². The minimum absolute atomic E-state index is 0.0804. The highest BCUT2D eigenvalue weighted by Gasteiger charge is 2.61. The largest absolute Gasteiger partial charge is 0.431 e. The molecule has 2 saturated carbocycles. The van der Waals surface area contributed by atoms with Crippen LogP contribution in [0.5, 0.6) is 0 Å². The molecular weight excluding hydrogens is 320 g/mol. The van der Waals surface area contributed by atoms with Gasteiger partial charge in [-0.15, -0.1) is 0 Å². The minimum Gasteiger partial charge on any atom is -0.431 e. The van der Waals surface area contributed by atoms with Crippen LogP contribution >= 0.6 is 11.8 Å². The molecule has 4 nitrogen and oxygen atoms in total. The van der Waals surface area contributed by atoms with Crippen LogP contribution in [0.2, 0.25) is 0 Å². The third-order valence-corrected chi connectivity index (χ3v) is 7.56. The maximum Gasteiger partial charge on any atom is 0.257 e. The fraction of sp³-hybridized carbons (Fsp3) is 0.579. The van der Waals surface area contributed by atoms with Gasteiger partial charge in [0.05, 0.1) is 5.75 Å². The van der Waals surface area contributed by atoms with E-state index in [1.165, 1.54) is 24.6 Å². The number of para-hydroxylation sites is 2. The van der Waals surface area contributed by atoms with Crippen molar-refractivity contribution in [1.82, 2.24) is 10.3 Å². The number of oxazole rings is 1. The maximum absolute atomic E-state index is 12.4. The number of thioether (sulfide) groups is 1. The van der Waals surface area contributed by atoms with Gasteiger partial charge in [0, 0.05) is 6.04 Å². The maximum atomic E-state index is 12.4. The van der Waals surface area contributed by atoms with Crippen molar-refractivity contribution in [3.63, 3.8) is 0 Å². The number of benzene rings is 1. The van der Waals surface area contributed by atoms with Gasteiger partial charge >= 0.3 is 0 Å². The highest BCUT2D eigenvalue weighted by molar-refractivity contribution is 7.99. The topological polar surface area (TPSA) is 55.1 Å². The Hall–Kier alpha value is -1.49. The van der Waals surface area contributed by atoms with E-state index in [4.69, 9.17) is 4.42 Å². The second-order valence-electron chi connectivity index (χ2n) is 7.97. The van der Waals surface area contributed by atoms with E-state index in [0.717, 1.165) is 23.4 Å². The Morgan fingerprint density at radius 2 is 2.17 bits per heavy atom. The molecule has 24 heavy (non-hydrogen) atoms. The number of nitrogens with zero attached hydrogens (tertiary/aromatic N) is 1. The summed E-state index contributed by atoms with van der Waals surface area (Å²) in [5.41, 5.74) is 2.14. The summed E-state index contributed by atoms with van der Waals surface area (Å²) >= 11 is 1.37. The normalized spacial score (nSPS) is 30.8. The van der Waals surface area contributed by atoms with Crippen LogP contribution in [0.4, 0.5) is 0 Å². The van der Waals surface area contributed by atoms with Gasteiger partial charge in [-0.1, -0.05) is 44.7 Å². The number of hydrogen-bond donors (Lipinski definition) is 1. The molecule has 2 bridgehead atoms. The molecule has 1 amide bonds. The van der Waals surface area contributed by atoms with E-state index in [2.05, 4.69) is 31.1 Å². The monoisotopic (exact) mass is 344 g/mol. The third-order valence-electron chi connectivity index (χ3n) is 6.73. The molecule has 2 aliphatic carbocycles. The van der Waals surface area contributed by atoms with Crippen LogP contribution in [0.25, 0.3) is 11.1 Å². The summed E-state index contributed by atoms with van der Waals surface area (Å²) in [6.07, 6.45) is 3.63. The van der Waals surface area contributed by atoms with E-state index in [1.807, 2.05) is 24.3 Å². The van der Waals surface area contributed by atoms with Gasteiger partial charge in [0.1, 0.15) is 5.52 Å². The molecule has 128 valence electrons. The SMILES string of the molecule is CC1(C)[C@@H]2CC[C@]1(C)[C@H](NC(=O)CSc1nc3ccccc3o1)C2. The lowest BCUT2D eigenvalue weighted by atomic mass is 9.69. The highest BCUT2D eigenvalue weighted by Crippen LogP contribution is 2.65. The molecule has 3 atom stereocenters. The average Bonchev–Trinajstić information content (AvgIpc) is 3.11. The first-order valence-electron chi connectivity index (χ1n) is 8.68. The molecular formula is C19H24N2O2S. The average molecular weight is 344 g/mol. The zero-order valence-corrected chi connectivity index (χ0v) is 15.3. The second-order valence-corrected chi connectivity index (χ2v) is 8.89. The molecule has 4 rings (SSSR count). The molecule has 5 heteroatoms. The number of rotatable bonds is 4. The lowest BCUT2D eigenvalue weighted by molar-refractivity contribution is -0.120. The Morgan fingerprint density at radius 1 is 1.38 bits per heavy atom. The van der Waals surface area contributed by atoms with Crippen LogP contribution in [0.3, 0.4) is 0 Å². The van der Waals surface area contributed by atoms with Gasteiger partial charge in [0.25, 0.3) is 5.22 Å². The van der Waals surface area contributed by atoms with Crippen molar-refractivity contribution in [2.45, 2.75) is 51.3 Å². The first kappa shape index (κ1) is 16.0. The molecule has 1 aromatic carbocycles. The number of carbonyl (C=O) groups excluding carboxylic acids is 1. The Morgan fingerprint density at radius 3 is 2.83 bits per heavy atom. The van der Waals surface area contributed by atoms with E-state index < -0.39 is 0 Å². The zero-order chi connectivity index (χ0) is 16.9. The van der Waals surface area contributed by atoms with Crippen LogP contribution in [-0.2, 0) is 4.79 Å². The number of amides is 1. The van der Waals surface area contributed by atoms with E-state index in [-0.39, 0.29) is 11.3 Å². The van der Waals surface area contributed by atoms with Crippen molar-refractivity contribution in [2.75, 3.05) is 5.75 Å². The zero-order valence-electron chi connectivity index (χ0n) is 14.5. The fourth-order valence-electron chi connectivity index (χ4n) is 4.70. The van der Waals surface area contributed by atoms with Gasteiger partial charge in [0.15, 0.2) is 5.58 Å². The number of carbonyl (C=O) groups is 1. The van der Waals surface area contributed by atoms with Crippen molar-refractivity contribution >= 4 is 28.8 Å². The molecule has 1 heterocycles. The van der Waals surface area contributed by atoms with Crippen LogP contribution in [-0.4, -0.2) is 22.7 Å². The van der Waals surface area contributed by atoms with Crippen molar-refractivity contribution in [3.8, 4) is 0 Å². The lowest BCUT2D eigenvalue weighted by Crippen LogP contribution is -2.47. The summed E-state index contributed by atoms with van der Waals surface area (Å²) in [7, 11) is 0. The van der Waals surface area contributed by atoms with Gasteiger partial charge in [-0.05, 0) is 48.1 Å². The summed E-state index contributed by atoms with van der Waals surface area (Å²) < 4.78 is 5.66. The molecule has 1 aromatic heterocycles. The Kier molecular flexibility index (Phi) is 3.68. The van der Waals surface area contributed by atoms with Crippen molar-refractivity contribution in [3.05, 3.63) is 24.3 Å². The quantitative estimate of drug-likeness (QED) is 0.843. The van der Waals surface area contributed by atoms with E-state index in [0.29, 0.717) is 22.4 Å². The predicted octanol–water partition coefficient (Wildman–Crippen LogP) is 4.25. The summed E-state index contributed by atoms with van der Waals surface area (Å²) in [4.78, 5) is 16.8. The second kappa shape index (κ2) is 5.51. The van der Waals surface area contributed by atoms with Crippen LogP contribution in [0, 0.1) is 16.7 Å². The third kappa shape index (κ3) is 2.36. The predicted molar refractivity (Wildman–Crippen MR) is 95.9 cm³/mol. The van der Waals surface area contributed by atoms with Gasteiger partial charge in [-0.3, -0.25) is 4.79 Å². The molecule has 0 radical (unpaired) electrons. The molecule has 1 N–H and O–H groups in total. The van der Waals surface area contributed by atoms with Crippen molar-refractivity contribution in [2.24, 2.45) is 16.7 Å². The van der Waals surface area contributed by atoms with Crippen LogP contribution in [0.1, 0.15) is 40.0 Å². The smallest absolute Gasteiger partial charge is 0.257 e. The first-order chi connectivity index (χ1) is 11.4. The van der Waals surface area contributed by atoms with E-state index in [1.54, 1.807) is 0 Å². The van der Waals surface area contributed by atoms with Crippen molar-refractivity contribution in [1.29, 1.82) is 0 Å². The van der Waals surface area contributed by atoms with Crippen LogP contribution < -0.4 is 5.32 Å². The van der Waals surface area contributed by atoms with Crippen LogP contribution in [0.15, 0.2) is 33.9 Å². The van der Waals surface area contributed by atoms with Gasteiger partial charge in [-0.25, -0.2) is 4.98 Å². The number of nitrogens with one attached hydrogen (secondary N) is 1. The Labute approximate surface area is 146 Å². The van der Waals surface area contributed by atoms with Gasteiger partial charge < -0.3 is 9.73 Å². The van der Waals surface area contributed by atoms with Crippen molar-refractivity contribution < 1.29 is 9.21 Å². The molecule has 2 fully saturated rings. The molecule has 2 aliphatic rings. The molecule has 0 aliphatic heterocycles. The number of hydrogen-bond acceptors (Lipinski definition) is 4. The standard InChI is InChI=1S/C19H24N2O2S/c1-18(2)12-8-9-19(18,3)15(10-12)21-16(22)11-24-17-20-13-6-4-5-7-14(13)23-17/h4-7,12,15H,8-11H2,1-3H3,(H,21,22)/t12-,15-,19-/m1/s1. The summed E-state index contributed by atoms with van der Waals surface area (Å²) in [6.45, 7) is 7.08. The van der Waals surface area contributed by atoms with E-state index >= 15 is 0 Å². The van der Waals surface area contributed by atoms with E-state index in [9.17, 15) is 4.79 Å². The molecule has 2 aromatic rings. The van der Waals surface area contributed by atoms with Gasteiger partial charge in [0.2, 0.25) is 5.91 Å². The lowest BCUT2D eigenvalue weighted by Gasteiger charge is -2.39. The highest BCUT2D eigenvalue weighted by atomic mass is 32.2. The number of fused-ring (bicyclic) bond motifs is 3. The summed E-state index contributed by atoms with van der Waals surface area (Å²) in [5, 5.41) is 3.84. The number of aromatic nitrogens is 1. The summed E-state index contributed by atoms with van der Waals surface area (Å²) in [6, 6.07) is 7.96. The fourth-order valence-corrected chi connectivity index (χ4v) is 5.35. The Balaban J connectivity index is 1.37. The molecule has 0 unspecified atom stereocenters. The Bertz CT molecular complexity index is 752. The first-order valence-corrected chi connectivity index (χ1v) is 9.66. The summed E-state index contributed by atoms with van der Waals surface area (Å²) in [5.74, 6) is 1.17. The molecule has 0 spiro atoms. The minimum atomic E-state index is 0.0804. The molecule has 0 saturated heterocycles.